The number of carbonyl (C=O) groups is 3. The molecule has 2 rings (SSSR count). The average molecular weight is 624 g/mol. The standard InChI is InChI=1S/C37H57N3O5/c1-23(41)39-40-31(43)16-14-25-20-27(35(5,6)7)33(45)29(22-25)37(10,11)18-17-36(8,9)28-21-24(13-15-30(42)38-12)19-26(32(28)44)34(2,3)4/h19-22,44-45H,13-18H2,1-12H3,(H,38,42)(H,39,41)(H,40,43). The summed E-state index contributed by atoms with van der Waals surface area (Å²) in [4.78, 5) is 35.5. The Morgan fingerprint density at radius 3 is 1.29 bits per heavy atom. The van der Waals surface area contributed by atoms with E-state index in [9.17, 15) is 24.6 Å². The number of phenolic OH excluding ortho intramolecular Hbond substituents is 2. The Morgan fingerprint density at radius 1 is 0.600 bits per heavy atom. The zero-order chi connectivity index (χ0) is 34.5. The molecule has 0 heterocycles. The van der Waals surface area contributed by atoms with Gasteiger partial charge in [-0.05, 0) is 69.6 Å². The van der Waals surface area contributed by atoms with Gasteiger partial charge in [0, 0.05) is 37.9 Å². The molecule has 8 nitrogen and oxygen atoms in total. The number of phenols is 2. The van der Waals surface area contributed by atoms with Crippen LogP contribution >= 0.6 is 0 Å². The summed E-state index contributed by atoms with van der Waals surface area (Å²) in [5, 5.41) is 25.8. The van der Waals surface area contributed by atoms with Gasteiger partial charge in [0.05, 0.1) is 0 Å². The van der Waals surface area contributed by atoms with E-state index in [1.54, 1.807) is 7.05 Å². The molecule has 0 aliphatic rings. The third-order valence-corrected chi connectivity index (χ3v) is 8.73. The van der Waals surface area contributed by atoms with E-state index in [1.165, 1.54) is 6.92 Å². The summed E-state index contributed by atoms with van der Waals surface area (Å²) in [6.07, 6.45) is 3.04. The van der Waals surface area contributed by atoms with Gasteiger partial charge in [0.25, 0.3) is 0 Å². The number of aryl methyl sites for hydroxylation is 2. The molecule has 0 aliphatic carbocycles. The van der Waals surface area contributed by atoms with Crippen LogP contribution in [0.3, 0.4) is 0 Å². The van der Waals surface area contributed by atoms with Gasteiger partial charge in [0.2, 0.25) is 17.7 Å². The topological polar surface area (TPSA) is 128 Å². The summed E-state index contributed by atoms with van der Waals surface area (Å²) in [6, 6.07) is 8.04. The number of benzene rings is 2. The quantitative estimate of drug-likeness (QED) is 0.183. The number of carbonyl (C=O) groups excluding carboxylic acids is 3. The van der Waals surface area contributed by atoms with Crippen LogP contribution < -0.4 is 16.2 Å². The van der Waals surface area contributed by atoms with E-state index in [1.807, 2.05) is 24.3 Å². The van der Waals surface area contributed by atoms with E-state index in [0.29, 0.717) is 25.0 Å². The van der Waals surface area contributed by atoms with E-state index in [2.05, 4.69) is 85.4 Å². The zero-order valence-corrected chi connectivity index (χ0v) is 29.7. The van der Waals surface area contributed by atoms with Crippen molar-refractivity contribution < 1.29 is 24.6 Å². The van der Waals surface area contributed by atoms with Gasteiger partial charge in [0.1, 0.15) is 11.5 Å². The molecule has 0 radical (unpaired) electrons. The molecule has 5 N–H and O–H groups in total. The Balaban J connectivity index is 2.47. The summed E-state index contributed by atoms with van der Waals surface area (Å²) >= 11 is 0. The molecule has 2 aromatic rings. The third kappa shape index (κ3) is 10.2. The predicted octanol–water partition coefficient (Wildman–Crippen LogP) is 6.51. The molecule has 3 amide bonds. The molecule has 8 heteroatoms. The molecular formula is C37H57N3O5. The van der Waals surface area contributed by atoms with Crippen LogP contribution in [-0.2, 0) is 48.9 Å². The van der Waals surface area contributed by atoms with Crippen LogP contribution in [0.25, 0.3) is 0 Å². The summed E-state index contributed by atoms with van der Waals surface area (Å²) in [7, 11) is 1.64. The van der Waals surface area contributed by atoms with Gasteiger partial charge >= 0.3 is 0 Å². The maximum absolute atomic E-state index is 12.3. The van der Waals surface area contributed by atoms with Crippen LogP contribution in [0.2, 0.25) is 0 Å². The lowest BCUT2D eigenvalue weighted by Crippen LogP contribution is -2.40. The van der Waals surface area contributed by atoms with Gasteiger partial charge in [0.15, 0.2) is 0 Å². The lowest BCUT2D eigenvalue weighted by Gasteiger charge is -2.35. The Morgan fingerprint density at radius 2 is 0.956 bits per heavy atom. The van der Waals surface area contributed by atoms with Gasteiger partial charge in [-0.25, -0.2) is 0 Å². The van der Waals surface area contributed by atoms with Gasteiger partial charge in [-0.2, -0.15) is 0 Å². The van der Waals surface area contributed by atoms with Crippen molar-refractivity contribution in [3.05, 3.63) is 57.6 Å². The fourth-order valence-corrected chi connectivity index (χ4v) is 5.61. The van der Waals surface area contributed by atoms with E-state index in [0.717, 1.165) is 46.2 Å². The lowest BCUT2D eigenvalue weighted by atomic mass is 9.69. The molecule has 0 spiro atoms. The molecule has 250 valence electrons. The minimum atomic E-state index is -0.435. The summed E-state index contributed by atoms with van der Waals surface area (Å²) in [5.74, 6) is -0.0798. The molecule has 0 saturated carbocycles. The van der Waals surface area contributed by atoms with Crippen molar-refractivity contribution in [3.63, 3.8) is 0 Å². The largest absolute Gasteiger partial charge is 0.507 e. The number of amides is 3. The van der Waals surface area contributed by atoms with Crippen LogP contribution in [-0.4, -0.2) is 35.0 Å². The monoisotopic (exact) mass is 623 g/mol. The number of hydrazine groups is 1. The van der Waals surface area contributed by atoms with Gasteiger partial charge in [-0.15, -0.1) is 0 Å². The molecule has 0 atom stereocenters. The van der Waals surface area contributed by atoms with Crippen molar-refractivity contribution in [3.8, 4) is 11.5 Å². The molecule has 0 bridgehead atoms. The average Bonchev–Trinajstić information content (AvgIpc) is 2.92. The highest BCUT2D eigenvalue weighted by molar-refractivity contribution is 5.80. The smallest absolute Gasteiger partial charge is 0.238 e. The normalized spacial score (nSPS) is 12.5. The first-order valence-corrected chi connectivity index (χ1v) is 16.0. The van der Waals surface area contributed by atoms with Crippen molar-refractivity contribution in [2.75, 3.05) is 7.05 Å². The summed E-state index contributed by atoms with van der Waals surface area (Å²) in [5.41, 5.74) is 8.60. The fraction of sp³-hybridized carbons (Fsp3) is 0.595. The first kappa shape index (κ1) is 37.6. The van der Waals surface area contributed by atoms with Gasteiger partial charge in [-0.1, -0.05) is 93.5 Å². The highest BCUT2D eigenvalue weighted by atomic mass is 16.3. The first-order valence-electron chi connectivity index (χ1n) is 16.0. The molecule has 0 saturated heterocycles. The van der Waals surface area contributed by atoms with Crippen molar-refractivity contribution in [2.24, 2.45) is 0 Å². The van der Waals surface area contributed by atoms with Crippen molar-refractivity contribution in [1.29, 1.82) is 0 Å². The van der Waals surface area contributed by atoms with Crippen LogP contribution in [0.5, 0.6) is 11.5 Å². The molecule has 0 aliphatic heterocycles. The summed E-state index contributed by atoms with van der Waals surface area (Å²) < 4.78 is 0. The molecule has 45 heavy (non-hydrogen) atoms. The highest BCUT2D eigenvalue weighted by Crippen LogP contribution is 2.46. The molecular weight excluding hydrogens is 566 g/mol. The minimum Gasteiger partial charge on any atom is -0.507 e. The van der Waals surface area contributed by atoms with E-state index in [-0.39, 0.29) is 40.7 Å². The second-order valence-electron chi connectivity index (χ2n) is 15.7. The second kappa shape index (κ2) is 14.3. The highest BCUT2D eigenvalue weighted by Gasteiger charge is 2.34. The second-order valence-corrected chi connectivity index (χ2v) is 15.7. The lowest BCUT2D eigenvalue weighted by molar-refractivity contribution is -0.127. The Bertz CT molecular complexity index is 1390. The van der Waals surface area contributed by atoms with Crippen LogP contribution in [0.15, 0.2) is 24.3 Å². The van der Waals surface area contributed by atoms with E-state index in [4.69, 9.17) is 0 Å². The van der Waals surface area contributed by atoms with Crippen molar-refractivity contribution in [2.45, 2.75) is 136 Å². The Hall–Kier alpha value is -3.55. The fourth-order valence-electron chi connectivity index (χ4n) is 5.61. The van der Waals surface area contributed by atoms with E-state index >= 15 is 0 Å². The van der Waals surface area contributed by atoms with Crippen molar-refractivity contribution >= 4 is 17.7 Å². The minimum absolute atomic E-state index is 0.0204. The van der Waals surface area contributed by atoms with Crippen LogP contribution in [0.4, 0.5) is 0 Å². The molecule has 2 aromatic carbocycles. The molecule has 0 unspecified atom stereocenters. The number of hydrogen-bond donors (Lipinski definition) is 5. The zero-order valence-electron chi connectivity index (χ0n) is 29.7. The molecule has 0 aromatic heterocycles. The van der Waals surface area contributed by atoms with Gasteiger partial charge < -0.3 is 15.5 Å². The molecule has 0 fully saturated rings. The number of nitrogens with one attached hydrogen (secondary N) is 3. The maximum atomic E-state index is 12.3. The Labute approximate surface area is 270 Å². The summed E-state index contributed by atoms with van der Waals surface area (Å²) in [6.45, 7) is 22.3. The number of aromatic hydroxyl groups is 2. The maximum Gasteiger partial charge on any atom is 0.238 e. The van der Waals surface area contributed by atoms with E-state index < -0.39 is 10.8 Å². The number of hydrogen-bond acceptors (Lipinski definition) is 5. The SMILES string of the molecule is CNC(=O)CCc1cc(C(C)(C)C)c(O)c(C(C)(C)CCC(C)(C)c2cc(CCC(=O)NNC(C)=O)cc(C(C)(C)C)c2O)c1. The Kier molecular flexibility index (Phi) is 11.9. The van der Waals surface area contributed by atoms with Gasteiger partial charge in [-0.3, -0.25) is 25.2 Å². The third-order valence-electron chi connectivity index (χ3n) is 8.73. The number of rotatable bonds is 11. The predicted molar refractivity (Wildman–Crippen MR) is 182 cm³/mol. The first-order chi connectivity index (χ1) is 20.5. The van der Waals surface area contributed by atoms with Crippen molar-refractivity contribution in [1.82, 2.24) is 16.2 Å². The van der Waals surface area contributed by atoms with Crippen LogP contribution in [0.1, 0.15) is 135 Å². The van der Waals surface area contributed by atoms with Crippen LogP contribution in [0, 0.1) is 0 Å².